The molecule has 0 fully saturated rings. The molecule has 0 saturated heterocycles. The van der Waals surface area contributed by atoms with Gasteiger partial charge in [-0.3, -0.25) is 0 Å². The van der Waals surface area contributed by atoms with Crippen LogP contribution in [-0.4, -0.2) is 31.7 Å². The maximum absolute atomic E-state index is 5.65. The van der Waals surface area contributed by atoms with Crippen LogP contribution < -0.4 is 5.32 Å². The number of rotatable bonds is 6. The van der Waals surface area contributed by atoms with Crippen LogP contribution in [0.15, 0.2) is 10.6 Å². The fourth-order valence-corrected chi connectivity index (χ4v) is 1.74. The van der Waals surface area contributed by atoms with Crippen LogP contribution in [0.3, 0.4) is 0 Å². The van der Waals surface area contributed by atoms with E-state index in [1.165, 1.54) is 0 Å². The lowest BCUT2D eigenvalue weighted by molar-refractivity contribution is 0.362. The Morgan fingerprint density at radius 3 is 2.62 bits per heavy atom. The minimum Gasteiger partial charge on any atom is -0.423 e. The molecular formula is C14H24N6O. The molecule has 2 heterocycles. The van der Waals surface area contributed by atoms with Crippen molar-refractivity contribution >= 4 is 0 Å². The normalized spacial score (nSPS) is 12.3. The second kappa shape index (κ2) is 6.34. The summed E-state index contributed by atoms with van der Waals surface area (Å²) in [7, 11) is 0. The standard InChI is InChI=1S/C14H24N6O/c1-10(2)6-15-7-11-8-20(19-16-11)9-12-17-18-13(21-12)14(3,4)5/h8,10,15H,6-7,9H2,1-5H3. The van der Waals surface area contributed by atoms with Crippen molar-refractivity contribution in [2.75, 3.05) is 6.54 Å². The van der Waals surface area contributed by atoms with Crippen LogP contribution in [0.1, 0.15) is 52.1 Å². The first-order valence-corrected chi connectivity index (χ1v) is 7.27. The molecule has 0 radical (unpaired) electrons. The predicted octanol–water partition coefficient (Wildman–Crippen LogP) is 1.75. The Kier molecular flexibility index (Phi) is 4.72. The molecule has 0 atom stereocenters. The van der Waals surface area contributed by atoms with Gasteiger partial charge in [0.2, 0.25) is 11.8 Å². The minimum atomic E-state index is -0.139. The van der Waals surface area contributed by atoms with Gasteiger partial charge in [0.25, 0.3) is 0 Å². The Bertz CT molecular complexity index is 566. The van der Waals surface area contributed by atoms with Crippen LogP contribution >= 0.6 is 0 Å². The van der Waals surface area contributed by atoms with Crippen molar-refractivity contribution in [3.63, 3.8) is 0 Å². The lowest BCUT2D eigenvalue weighted by Crippen LogP contribution is -2.19. The molecular weight excluding hydrogens is 268 g/mol. The van der Waals surface area contributed by atoms with Crippen LogP contribution in [0.25, 0.3) is 0 Å². The number of nitrogens with one attached hydrogen (secondary N) is 1. The summed E-state index contributed by atoms with van der Waals surface area (Å²) in [6.45, 7) is 12.6. The largest absolute Gasteiger partial charge is 0.423 e. The van der Waals surface area contributed by atoms with E-state index in [-0.39, 0.29) is 5.41 Å². The molecule has 0 aliphatic carbocycles. The fourth-order valence-electron chi connectivity index (χ4n) is 1.74. The quantitative estimate of drug-likeness (QED) is 0.873. The molecule has 1 N–H and O–H groups in total. The highest BCUT2D eigenvalue weighted by Gasteiger charge is 2.21. The van der Waals surface area contributed by atoms with Crippen molar-refractivity contribution in [3.8, 4) is 0 Å². The van der Waals surface area contributed by atoms with Crippen molar-refractivity contribution in [1.82, 2.24) is 30.5 Å². The molecule has 0 unspecified atom stereocenters. The van der Waals surface area contributed by atoms with Gasteiger partial charge in [-0.2, -0.15) is 0 Å². The van der Waals surface area contributed by atoms with E-state index in [0.717, 1.165) is 18.8 Å². The van der Waals surface area contributed by atoms with Gasteiger partial charge in [0.15, 0.2) is 0 Å². The van der Waals surface area contributed by atoms with E-state index in [4.69, 9.17) is 4.42 Å². The summed E-state index contributed by atoms with van der Waals surface area (Å²) >= 11 is 0. The van der Waals surface area contributed by atoms with E-state index in [2.05, 4.69) is 39.7 Å². The Balaban J connectivity index is 1.91. The summed E-state index contributed by atoms with van der Waals surface area (Å²) in [5, 5.41) is 19.7. The van der Waals surface area contributed by atoms with Gasteiger partial charge in [-0.05, 0) is 12.5 Å². The molecule has 0 aliphatic heterocycles. The van der Waals surface area contributed by atoms with Gasteiger partial charge in [0, 0.05) is 12.0 Å². The van der Waals surface area contributed by atoms with Gasteiger partial charge in [0.05, 0.1) is 11.9 Å². The van der Waals surface area contributed by atoms with Gasteiger partial charge < -0.3 is 9.73 Å². The fraction of sp³-hybridized carbons (Fsp3) is 0.714. The van der Waals surface area contributed by atoms with Gasteiger partial charge >= 0.3 is 0 Å². The summed E-state index contributed by atoms with van der Waals surface area (Å²) < 4.78 is 7.36. The third-order valence-electron chi connectivity index (χ3n) is 2.85. The summed E-state index contributed by atoms with van der Waals surface area (Å²) in [6.07, 6.45) is 1.90. The Hall–Kier alpha value is -1.76. The van der Waals surface area contributed by atoms with E-state index in [1.54, 1.807) is 4.68 Å². The number of hydrogen-bond acceptors (Lipinski definition) is 6. The molecule has 7 nitrogen and oxygen atoms in total. The molecule has 0 bridgehead atoms. The van der Waals surface area contributed by atoms with Crippen LogP contribution in [0, 0.1) is 5.92 Å². The smallest absolute Gasteiger partial charge is 0.238 e. The second-order valence-corrected chi connectivity index (χ2v) is 6.68. The summed E-state index contributed by atoms with van der Waals surface area (Å²) in [5.41, 5.74) is 0.769. The molecule has 0 amide bonds. The zero-order valence-corrected chi connectivity index (χ0v) is 13.4. The highest BCUT2D eigenvalue weighted by Crippen LogP contribution is 2.20. The average molecular weight is 292 g/mol. The predicted molar refractivity (Wildman–Crippen MR) is 78.7 cm³/mol. The third kappa shape index (κ3) is 4.63. The summed E-state index contributed by atoms with van der Waals surface area (Å²) in [6, 6.07) is 0. The van der Waals surface area contributed by atoms with E-state index >= 15 is 0 Å². The molecule has 2 aromatic rings. The highest BCUT2D eigenvalue weighted by atomic mass is 16.4. The van der Waals surface area contributed by atoms with Gasteiger partial charge in [-0.1, -0.05) is 39.8 Å². The maximum Gasteiger partial charge on any atom is 0.238 e. The highest BCUT2D eigenvalue weighted by molar-refractivity contribution is 4.97. The zero-order valence-electron chi connectivity index (χ0n) is 13.4. The Morgan fingerprint density at radius 2 is 2.00 bits per heavy atom. The van der Waals surface area contributed by atoms with Crippen molar-refractivity contribution in [2.24, 2.45) is 5.92 Å². The second-order valence-electron chi connectivity index (χ2n) is 6.68. The third-order valence-corrected chi connectivity index (χ3v) is 2.85. The van der Waals surface area contributed by atoms with Gasteiger partial charge in [0.1, 0.15) is 6.54 Å². The van der Waals surface area contributed by atoms with Crippen LogP contribution in [0.5, 0.6) is 0 Å². The Labute approximate surface area is 125 Å². The molecule has 2 aromatic heterocycles. The van der Waals surface area contributed by atoms with Crippen LogP contribution in [0.4, 0.5) is 0 Å². The number of hydrogen-bond donors (Lipinski definition) is 1. The lowest BCUT2D eigenvalue weighted by Gasteiger charge is -2.10. The summed E-state index contributed by atoms with van der Waals surface area (Å²) in [5.74, 6) is 1.80. The molecule has 0 aromatic carbocycles. The summed E-state index contributed by atoms with van der Waals surface area (Å²) in [4.78, 5) is 0. The van der Waals surface area contributed by atoms with Crippen molar-refractivity contribution in [3.05, 3.63) is 23.7 Å². The van der Waals surface area contributed by atoms with Crippen molar-refractivity contribution in [2.45, 2.75) is 53.1 Å². The first-order chi connectivity index (χ1) is 9.84. The Morgan fingerprint density at radius 1 is 1.24 bits per heavy atom. The molecule has 0 aliphatic rings. The molecule has 2 rings (SSSR count). The van der Waals surface area contributed by atoms with Gasteiger partial charge in [-0.25, -0.2) is 4.68 Å². The van der Waals surface area contributed by atoms with E-state index in [9.17, 15) is 0 Å². The van der Waals surface area contributed by atoms with E-state index < -0.39 is 0 Å². The van der Waals surface area contributed by atoms with E-state index in [1.807, 2.05) is 27.0 Å². The number of aromatic nitrogens is 5. The lowest BCUT2D eigenvalue weighted by atomic mass is 9.97. The topological polar surface area (TPSA) is 81.7 Å². The molecule has 7 heteroatoms. The monoisotopic (exact) mass is 292 g/mol. The van der Waals surface area contributed by atoms with E-state index in [0.29, 0.717) is 24.2 Å². The van der Waals surface area contributed by atoms with Crippen molar-refractivity contribution < 1.29 is 4.42 Å². The van der Waals surface area contributed by atoms with Crippen LogP contribution in [-0.2, 0) is 18.5 Å². The maximum atomic E-state index is 5.65. The van der Waals surface area contributed by atoms with Gasteiger partial charge in [-0.15, -0.1) is 15.3 Å². The number of nitrogens with zero attached hydrogens (tertiary/aromatic N) is 5. The molecule has 116 valence electrons. The van der Waals surface area contributed by atoms with Crippen molar-refractivity contribution in [1.29, 1.82) is 0 Å². The average Bonchev–Trinajstić information content (AvgIpc) is 2.98. The minimum absolute atomic E-state index is 0.139. The first kappa shape index (κ1) is 15.6. The SMILES string of the molecule is CC(C)CNCc1cn(Cc2nnc(C(C)(C)C)o2)nn1. The zero-order chi connectivity index (χ0) is 15.5. The molecule has 0 saturated carbocycles. The first-order valence-electron chi connectivity index (χ1n) is 7.27. The van der Waals surface area contributed by atoms with Crippen LogP contribution in [0.2, 0.25) is 0 Å². The molecule has 0 spiro atoms. The molecule has 21 heavy (non-hydrogen) atoms.